The molecule has 0 heterocycles. The normalized spacial score (nSPS) is 12.8. The van der Waals surface area contributed by atoms with Crippen molar-refractivity contribution in [2.24, 2.45) is 0 Å². The summed E-state index contributed by atoms with van der Waals surface area (Å²) in [7, 11) is 0. The fourth-order valence-corrected chi connectivity index (χ4v) is 1.25. The third kappa shape index (κ3) is 4.04. The lowest BCUT2D eigenvalue weighted by Crippen LogP contribution is -2.04. The number of halogens is 1. The van der Waals surface area contributed by atoms with E-state index in [0.717, 1.165) is 12.0 Å². The number of rotatable bonds is 5. The van der Waals surface area contributed by atoms with Crippen molar-refractivity contribution in [3.63, 3.8) is 0 Å². The van der Waals surface area contributed by atoms with Crippen molar-refractivity contribution in [3.05, 3.63) is 35.9 Å². The van der Waals surface area contributed by atoms with Crippen molar-refractivity contribution >= 4 is 0 Å². The highest BCUT2D eigenvalue weighted by Crippen LogP contribution is 2.09. The number of hydrogen-bond acceptors (Lipinski definition) is 1. The van der Waals surface area contributed by atoms with Crippen LogP contribution in [0.25, 0.3) is 0 Å². The molecule has 1 unspecified atom stereocenters. The number of alkyl halides is 1. The average Bonchev–Trinajstić information content (AvgIpc) is 2.17. The fourth-order valence-electron chi connectivity index (χ4n) is 1.25. The maximum atomic E-state index is 12.9. The van der Waals surface area contributed by atoms with E-state index < -0.39 is 6.17 Å². The van der Waals surface area contributed by atoms with Gasteiger partial charge in [0.1, 0.15) is 6.17 Å². The highest BCUT2D eigenvalue weighted by molar-refractivity contribution is 5.14. The van der Waals surface area contributed by atoms with E-state index in [0.29, 0.717) is 6.42 Å². The molecule has 2 heteroatoms. The number of aryl methyl sites for hydroxylation is 1. The molecular weight excluding hydrogens is 167 g/mol. The zero-order chi connectivity index (χ0) is 9.52. The van der Waals surface area contributed by atoms with Crippen LogP contribution in [0.3, 0.4) is 0 Å². The van der Waals surface area contributed by atoms with E-state index in [1.54, 1.807) is 0 Å². The van der Waals surface area contributed by atoms with Crippen LogP contribution in [-0.2, 0) is 6.42 Å². The molecule has 1 aromatic carbocycles. The van der Waals surface area contributed by atoms with Crippen LogP contribution in [0.4, 0.5) is 4.39 Å². The zero-order valence-corrected chi connectivity index (χ0v) is 7.62. The van der Waals surface area contributed by atoms with Gasteiger partial charge in [0.2, 0.25) is 0 Å². The second-order valence-electron chi connectivity index (χ2n) is 3.13. The van der Waals surface area contributed by atoms with Crippen molar-refractivity contribution in [1.82, 2.24) is 0 Å². The summed E-state index contributed by atoms with van der Waals surface area (Å²) in [5, 5.41) is 8.49. The predicted octanol–water partition coefficient (Wildman–Crippen LogP) is 2.34. The fraction of sp³-hybridized carbons (Fsp3) is 0.455. The van der Waals surface area contributed by atoms with Crippen molar-refractivity contribution in [2.75, 3.05) is 6.61 Å². The minimum Gasteiger partial charge on any atom is -0.396 e. The molecule has 1 atom stereocenters. The van der Waals surface area contributed by atoms with Crippen LogP contribution in [0.2, 0.25) is 0 Å². The third-order valence-corrected chi connectivity index (χ3v) is 2.03. The summed E-state index contributed by atoms with van der Waals surface area (Å²) in [4.78, 5) is 0. The van der Waals surface area contributed by atoms with Gasteiger partial charge in [-0.1, -0.05) is 30.3 Å². The molecule has 1 nitrogen and oxygen atoms in total. The van der Waals surface area contributed by atoms with Crippen LogP contribution in [0.15, 0.2) is 30.3 Å². The van der Waals surface area contributed by atoms with Crippen molar-refractivity contribution < 1.29 is 9.50 Å². The first-order valence-corrected chi connectivity index (χ1v) is 4.62. The lowest BCUT2D eigenvalue weighted by atomic mass is 10.1. The molecule has 1 rings (SSSR count). The smallest absolute Gasteiger partial charge is 0.103 e. The molecule has 0 saturated carbocycles. The molecule has 1 N–H and O–H groups in total. The van der Waals surface area contributed by atoms with Gasteiger partial charge in [0.25, 0.3) is 0 Å². The van der Waals surface area contributed by atoms with Crippen LogP contribution in [0.1, 0.15) is 18.4 Å². The molecule has 0 fully saturated rings. The minimum absolute atomic E-state index is 0.0596. The molecule has 13 heavy (non-hydrogen) atoms. The molecule has 0 aliphatic rings. The van der Waals surface area contributed by atoms with Gasteiger partial charge in [0.05, 0.1) is 0 Å². The van der Waals surface area contributed by atoms with E-state index in [1.807, 2.05) is 30.3 Å². The lowest BCUT2D eigenvalue weighted by Gasteiger charge is -2.05. The Hall–Kier alpha value is -0.890. The first-order chi connectivity index (χ1) is 6.33. The molecule has 0 saturated heterocycles. The maximum absolute atomic E-state index is 12.9. The predicted molar refractivity (Wildman–Crippen MR) is 51.4 cm³/mol. The Labute approximate surface area is 78.2 Å². The van der Waals surface area contributed by atoms with Crippen LogP contribution in [-0.4, -0.2) is 17.9 Å². The Bertz CT molecular complexity index is 223. The van der Waals surface area contributed by atoms with E-state index in [4.69, 9.17) is 5.11 Å². The molecule has 0 aromatic heterocycles. The van der Waals surface area contributed by atoms with Crippen molar-refractivity contribution in [2.45, 2.75) is 25.4 Å². The van der Waals surface area contributed by atoms with Gasteiger partial charge in [-0.15, -0.1) is 0 Å². The molecule has 0 aliphatic carbocycles. The topological polar surface area (TPSA) is 20.2 Å². The number of benzene rings is 1. The van der Waals surface area contributed by atoms with Gasteiger partial charge in [0.15, 0.2) is 0 Å². The van der Waals surface area contributed by atoms with Crippen LogP contribution >= 0.6 is 0 Å². The number of aliphatic hydroxyl groups is 1. The molecule has 0 amide bonds. The first-order valence-electron chi connectivity index (χ1n) is 4.62. The van der Waals surface area contributed by atoms with E-state index in [1.165, 1.54) is 0 Å². The molecule has 0 bridgehead atoms. The molecule has 1 aromatic rings. The summed E-state index contributed by atoms with van der Waals surface area (Å²) in [5.74, 6) is 0. The Morgan fingerprint density at radius 3 is 2.46 bits per heavy atom. The Morgan fingerprint density at radius 1 is 1.15 bits per heavy atom. The van der Waals surface area contributed by atoms with Crippen LogP contribution < -0.4 is 0 Å². The molecule has 0 spiro atoms. The Kier molecular flexibility index (Phi) is 4.47. The monoisotopic (exact) mass is 182 g/mol. The first kappa shape index (κ1) is 10.2. The van der Waals surface area contributed by atoms with E-state index in [9.17, 15) is 4.39 Å². The summed E-state index contributed by atoms with van der Waals surface area (Å²) < 4.78 is 12.9. The SMILES string of the molecule is OCCC(F)CCc1ccccc1. The van der Waals surface area contributed by atoms with E-state index in [2.05, 4.69) is 0 Å². The highest BCUT2D eigenvalue weighted by Gasteiger charge is 2.04. The number of hydrogen-bond donors (Lipinski definition) is 1. The maximum Gasteiger partial charge on any atom is 0.103 e. The Morgan fingerprint density at radius 2 is 1.85 bits per heavy atom. The second-order valence-corrected chi connectivity index (χ2v) is 3.13. The van der Waals surface area contributed by atoms with Crippen LogP contribution in [0, 0.1) is 0 Å². The van der Waals surface area contributed by atoms with Gasteiger partial charge >= 0.3 is 0 Å². The molecule has 72 valence electrons. The molecule has 0 radical (unpaired) electrons. The summed E-state index contributed by atoms with van der Waals surface area (Å²) >= 11 is 0. The number of aliphatic hydroxyl groups excluding tert-OH is 1. The highest BCUT2D eigenvalue weighted by atomic mass is 19.1. The average molecular weight is 182 g/mol. The summed E-state index contributed by atoms with van der Waals surface area (Å²) in [6.07, 6.45) is 0.643. The van der Waals surface area contributed by atoms with Crippen molar-refractivity contribution in [3.8, 4) is 0 Å². The lowest BCUT2D eigenvalue weighted by molar-refractivity contribution is 0.212. The molecular formula is C11H15FO. The van der Waals surface area contributed by atoms with E-state index in [-0.39, 0.29) is 13.0 Å². The van der Waals surface area contributed by atoms with E-state index >= 15 is 0 Å². The van der Waals surface area contributed by atoms with Crippen LogP contribution in [0.5, 0.6) is 0 Å². The van der Waals surface area contributed by atoms with Gasteiger partial charge in [-0.05, 0) is 18.4 Å². The minimum atomic E-state index is -0.870. The van der Waals surface area contributed by atoms with Gasteiger partial charge in [-0.2, -0.15) is 0 Å². The van der Waals surface area contributed by atoms with Gasteiger partial charge in [-0.3, -0.25) is 0 Å². The largest absolute Gasteiger partial charge is 0.396 e. The van der Waals surface area contributed by atoms with Gasteiger partial charge < -0.3 is 5.11 Å². The molecule has 0 aliphatic heterocycles. The summed E-state index contributed by atoms with van der Waals surface area (Å²) in [5.41, 5.74) is 1.16. The summed E-state index contributed by atoms with van der Waals surface area (Å²) in [6, 6.07) is 9.84. The Balaban J connectivity index is 2.27. The quantitative estimate of drug-likeness (QED) is 0.741. The van der Waals surface area contributed by atoms with Crippen molar-refractivity contribution in [1.29, 1.82) is 0 Å². The second kappa shape index (κ2) is 5.70. The standard InChI is InChI=1S/C11H15FO/c12-11(8-9-13)7-6-10-4-2-1-3-5-10/h1-5,11,13H,6-9H2. The third-order valence-electron chi connectivity index (χ3n) is 2.03. The summed E-state index contributed by atoms with van der Waals surface area (Å²) in [6.45, 7) is -0.0596. The van der Waals surface area contributed by atoms with Gasteiger partial charge in [0, 0.05) is 13.0 Å². The van der Waals surface area contributed by atoms with Gasteiger partial charge in [-0.25, -0.2) is 4.39 Å². The zero-order valence-electron chi connectivity index (χ0n) is 7.62.